The monoisotopic (exact) mass is 510 g/mol. The molecule has 0 saturated carbocycles. The van der Waals surface area contributed by atoms with Gasteiger partial charge in [-0.2, -0.15) is 0 Å². The molecule has 1 atom stereocenters. The number of halogens is 2. The fourth-order valence-electron chi connectivity index (χ4n) is 2.81. The lowest BCUT2D eigenvalue weighted by Gasteiger charge is -2.31. The summed E-state index contributed by atoms with van der Waals surface area (Å²) in [6.45, 7) is 7.87. The summed E-state index contributed by atoms with van der Waals surface area (Å²) in [7, 11) is 0. The lowest BCUT2D eigenvalue weighted by atomic mass is 10.1. The average molecular weight is 512 g/mol. The summed E-state index contributed by atoms with van der Waals surface area (Å²) in [5, 5.41) is 3.58. The third-order valence-corrected chi connectivity index (χ3v) is 6.07. The van der Waals surface area contributed by atoms with Crippen molar-refractivity contribution in [3.05, 3.63) is 69.2 Å². The number of rotatable bonds is 8. The highest BCUT2D eigenvalue weighted by molar-refractivity contribution is 9.10. The molecule has 0 spiro atoms. The molecule has 30 heavy (non-hydrogen) atoms. The van der Waals surface area contributed by atoms with Gasteiger partial charge in [0.1, 0.15) is 6.04 Å². The van der Waals surface area contributed by atoms with Crippen LogP contribution >= 0.6 is 39.3 Å². The van der Waals surface area contributed by atoms with Crippen LogP contribution < -0.4 is 5.32 Å². The van der Waals surface area contributed by atoms with Gasteiger partial charge in [0.2, 0.25) is 11.8 Å². The molecule has 2 rings (SSSR count). The van der Waals surface area contributed by atoms with Crippen molar-refractivity contribution in [1.29, 1.82) is 0 Å². The smallest absolute Gasteiger partial charge is 0.242 e. The second kappa shape index (κ2) is 11.2. The predicted molar refractivity (Wildman–Crippen MR) is 130 cm³/mol. The van der Waals surface area contributed by atoms with Crippen molar-refractivity contribution in [1.82, 2.24) is 10.2 Å². The van der Waals surface area contributed by atoms with E-state index >= 15 is 0 Å². The molecule has 0 aliphatic carbocycles. The Hall–Kier alpha value is -1.50. The largest absolute Gasteiger partial charge is 0.350 e. The van der Waals surface area contributed by atoms with Crippen LogP contribution in [0.15, 0.2) is 53.0 Å². The van der Waals surface area contributed by atoms with Crippen LogP contribution in [-0.4, -0.2) is 34.0 Å². The summed E-state index contributed by atoms with van der Waals surface area (Å²) >= 11 is 11.1. The highest BCUT2D eigenvalue weighted by atomic mass is 79.9. The van der Waals surface area contributed by atoms with Crippen molar-refractivity contribution in [2.45, 2.75) is 51.6 Å². The van der Waals surface area contributed by atoms with E-state index in [1.165, 1.54) is 0 Å². The maximum atomic E-state index is 13.1. The molecule has 2 amide bonds. The van der Waals surface area contributed by atoms with Crippen LogP contribution in [0.3, 0.4) is 0 Å². The molecule has 0 fully saturated rings. The number of hydrogen-bond acceptors (Lipinski definition) is 3. The first kappa shape index (κ1) is 24.8. The first-order chi connectivity index (χ1) is 14.0. The van der Waals surface area contributed by atoms with E-state index in [-0.39, 0.29) is 17.4 Å². The van der Waals surface area contributed by atoms with Gasteiger partial charge in [0, 0.05) is 27.3 Å². The van der Waals surface area contributed by atoms with Crippen LogP contribution in [0.2, 0.25) is 5.02 Å². The molecular weight excluding hydrogens is 484 g/mol. The predicted octanol–water partition coefficient (Wildman–Crippen LogP) is 5.67. The van der Waals surface area contributed by atoms with Gasteiger partial charge in [0.25, 0.3) is 0 Å². The molecule has 0 radical (unpaired) electrons. The van der Waals surface area contributed by atoms with Crippen LogP contribution in [0, 0.1) is 0 Å². The van der Waals surface area contributed by atoms with E-state index in [1.807, 2.05) is 63.2 Å². The van der Waals surface area contributed by atoms with Crippen molar-refractivity contribution < 1.29 is 9.59 Å². The van der Waals surface area contributed by atoms with Gasteiger partial charge in [-0.15, -0.1) is 11.8 Å². The van der Waals surface area contributed by atoms with E-state index < -0.39 is 6.04 Å². The Labute approximate surface area is 196 Å². The molecule has 0 heterocycles. The number of carbonyl (C=O) groups is 2. The third kappa shape index (κ3) is 8.32. The van der Waals surface area contributed by atoms with Gasteiger partial charge in [-0.1, -0.05) is 51.8 Å². The summed E-state index contributed by atoms with van der Waals surface area (Å²) in [6, 6.07) is 14.8. The van der Waals surface area contributed by atoms with E-state index in [2.05, 4.69) is 21.2 Å². The molecule has 162 valence electrons. The van der Waals surface area contributed by atoms with E-state index in [0.717, 1.165) is 21.4 Å². The molecule has 0 aliphatic heterocycles. The van der Waals surface area contributed by atoms with Crippen LogP contribution in [-0.2, 0) is 21.9 Å². The van der Waals surface area contributed by atoms with E-state index in [0.29, 0.717) is 17.3 Å². The van der Waals surface area contributed by atoms with Gasteiger partial charge in [0.05, 0.1) is 5.75 Å². The topological polar surface area (TPSA) is 49.4 Å². The Morgan fingerprint density at radius 1 is 1.13 bits per heavy atom. The van der Waals surface area contributed by atoms with Gasteiger partial charge in [0.15, 0.2) is 0 Å². The van der Waals surface area contributed by atoms with Gasteiger partial charge < -0.3 is 10.2 Å². The fourth-order valence-corrected chi connectivity index (χ4v) is 4.16. The average Bonchev–Trinajstić information content (AvgIpc) is 2.65. The molecule has 0 aliphatic rings. The van der Waals surface area contributed by atoms with Crippen molar-refractivity contribution in [2.24, 2.45) is 0 Å². The zero-order chi connectivity index (χ0) is 22.3. The van der Waals surface area contributed by atoms with Crippen LogP contribution in [0.1, 0.15) is 38.8 Å². The quantitative estimate of drug-likeness (QED) is 0.497. The summed E-state index contributed by atoms with van der Waals surface area (Å²) < 4.78 is 1.03. The first-order valence-corrected chi connectivity index (χ1v) is 12.1. The number of thioether (sulfide) groups is 1. The molecule has 2 aromatic rings. The van der Waals surface area contributed by atoms with Crippen molar-refractivity contribution in [2.75, 3.05) is 5.75 Å². The number of nitrogens with one attached hydrogen (secondary N) is 1. The first-order valence-electron chi connectivity index (χ1n) is 9.73. The zero-order valence-electron chi connectivity index (χ0n) is 17.7. The van der Waals surface area contributed by atoms with Gasteiger partial charge in [-0.3, -0.25) is 9.59 Å². The summed E-state index contributed by atoms with van der Waals surface area (Å²) in [6.07, 6.45) is 0. The highest BCUT2D eigenvalue weighted by Gasteiger charge is 2.28. The zero-order valence-corrected chi connectivity index (χ0v) is 20.9. The lowest BCUT2D eigenvalue weighted by molar-refractivity contribution is -0.139. The van der Waals surface area contributed by atoms with E-state index in [4.69, 9.17) is 11.6 Å². The van der Waals surface area contributed by atoms with Crippen molar-refractivity contribution >= 4 is 51.1 Å². The molecule has 1 N–H and O–H groups in total. The van der Waals surface area contributed by atoms with Crippen LogP contribution in [0.5, 0.6) is 0 Å². The minimum absolute atomic E-state index is 0.0753. The van der Waals surface area contributed by atoms with E-state index in [1.54, 1.807) is 29.7 Å². The van der Waals surface area contributed by atoms with Crippen molar-refractivity contribution in [3.63, 3.8) is 0 Å². The maximum absolute atomic E-state index is 13.1. The summed E-state index contributed by atoms with van der Waals surface area (Å²) in [5.74, 6) is 0.778. The summed E-state index contributed by atoms with van der Waals surface area (Å²) in [5.41, 5.74) is 1.67. The Morgan fingerprint density at radius 2 is 1.80 bits per heavy atom. The molecule has 1 unspecified atom stereocenters. The lowest BCUT2D eigenvalue weighted by Crippen LogP contribution is -2.52. The SMILES string of the molecule is CC(C(=O)NC(C)(C)C)N(Cc1cccc(Cl)c1)C(=O)CSCc1ccc(Br)cc1. The Morgan fingerprint density at radius 3 is 2.40 bits per heavy atom. The molecule has 4 nitrogen and oxygen atoms in total. The summed E-state index contributed by atoms with van der Waals surface area (Å²) in [4.78, 5) is 27.4. The molecule has 2 aromatic carbocycles. The van der Waals surface area contributed by atoms with Gasteiger partial charge >= 0.3 is 0 Å². The molecule has 0 aromatic heterocycles. The number of hydrogen-bond donors (Lipinski definition) is 1. The van der Waals surface area contributed by atoms with Gasteiger partial charge in [-0.05, 0) is 63.1 Å². The van der Waals surface area contributed by atoms with Crippen LogP contribution in [0.4, 0.5) is 0 Å². The number of amides is 2. The highest BCUT2D eigenvalue weighted by Crippen LogP contribution is 2.19. The molecule has 0 saturated heterocycles. The Bertz CT molecular complexity index is 868. The fraction of sp³-hybridized carbons (Fsp3) is 0.391. The second-order valence-corrected chi connectivity index (χ2v) is 10.5. The number of nitrogens with zero attached hydrogens (tertiary/aromatic N) is 1. The Kier molecular flexibility index (Phi) is 9.26. The third-order valence-electron chi connectivity index (χ3n) is 4.31. The molecular formula is C23H28BrClN2O2S. The minimum Gasteiger partial charge on any atom is -0.350 e. The molecule has 7 heteroatoms. The normalized spacial score (nSPS) is 12.3. The van der Waals surface area contributed by atoms with Crippen molar-refractivity contribution in [3.8, 4) is 0 Å². The Balaban J connectivity index is 2.09. The molecule has 0 bridgehead atoms. The number of benzene rings is 2. The minimum atomic E-state index is -0.594. The standard InChI is InChI=1S/C23H28BrClN2O2S/c1-16(22(29)26-23(2,3)4)27(13-18-6-5-7-20(25)12-18)21(28)15-30-14-17-8-10-19(24)11-9-17/h5-12,16H,13-15H2,1-4H3,(H,26,29). The van der Waals surface area contributed by atoms with Gasteiger partial charge in [-0.25, -0.2) is 0 Å². The number of carbonyl (C=O) groups excluding carboxylic acids is 2. The van der Waals surface area contributed by atoms with Crippen LogP contribution in [0.25, 0.3) is 0 Å². The van der Waals surface area contributed by atoms with E-state index in [9.17, 15) is 9.59 Å². The second-order valence-electron chi connectivity index (χ2n) is 8.19. The maximum Gasteiger partial charge on any atom is 0.242 e.